The van der Waals surface area contributed by atoms with Crippen molar-refractivity contribution in [1.82, 2.24) is 14.5 Å². The van der Waals surface area contributed by atoms with Gasteiger partial charge in [0.15, 0.2) is 5.82 Å². The number of imidazole rings is 1. The number of carbonyl (C=O) groups is 1. The highest BCUT2D eigenvalue weighted by Gasteiger charge is 2.23. The zero-order chi connectivity index (χ0) is 22.0. The van der Waals surface area contributed by atoms with Crippen molar-refractivity contribution in [3.63, 3.8) is 0 Å². The van der Waals surface area contributed by atoms with Gasteiger partial charge in [-0.15, -0.1) is 0 Å². The summed E-state index contributed by atoms with van der Waals surface area (Å²) in [6, 6.07) is 6.74. The van der Waals surface area contributed by atoms with E-state index in [0.29, 0.717) is 36.0 Å². The molecule has 10 heteroatoms. The van der Waals surface area contributed by atoms with E-state index in [1.165, 1.54) is 7.11 Å². The highest BCUT2D eigenvalue weighted by Crippen LogP contribution is 2.34. The molecule has 2 heterocycles. The summed E-state index contributed by atoms with van der Waals surface area (Å²) in [5.74, 6) is -1.29. The number of halogens is 3. The molecule has 0 atom stereocenters. The van der Waals surface area contributed by atoms with Crippen LogP contribution < -0.4 is 5.32 Å². The van der Waals surface area contributed by atoms with Gasteiger partial charge in [0.2, 0.25) is 0 Å². The largest absolute Gasteiger partial charge is 0.465 e. The molecule has 4 rings (SSSR count). The number of carbonyl (C=O) groups excluding carboxylic acids is 1. The predicted molar refractivity (Wildman–Crippen MR) is 121 cm³/mol. The van der Waals surface area contributed by atoms with E-state index < -0.39 is 11.8 Å². The summed E-state index contributed by atoms with van der Waals surface area (Å²) >= 11 is 9.61. The normalized spacial score (nSPS) is 14.7. The molecule has 0 amide bonds. The maximum atomic E-state index is 15.5. The topological polar surface area (TPSA) is 68.6 Å². The van der Waals surface area contributed by atoms with Crippen molar-refractivity contribution in [2.24, 2.45) is 0 Å². The minimum absolute atomic E-state index is 0.0259. The number of rotatable bonds is 6. The molecule has 1 N–H and O–H groups in total. The Hall–Kier alpha value is -2.20. The molecule has 0 aliphatic carbocycles. The lowest BCUT2D eigenvalue weighted by molar-refractivity contribution is 0.0365. The number of hydrogen-bond acceptors (Lipinski definition) is 6. The number of nitrogens with zero attached hydrogens (tertiary/aromatic N) is 3. The van der Waals surface area contributed by atoms with E-state index in [1.807, 2.05) is 4.57 Å². The summed E-state index contributed by atoms with van der Waals surface area (Å²) in [7, 11) is 1.26. The standard InChI is InChI=1S/C21H21BrClFN4O3/c1-30-21(29)14-11-17-20(25-12-28(17)5-4-27-6-8-31-9-7-27)18(24)19(14)26-16-3-2-13(22)10-15(16)23/h2-3,10-12,26H,4-9H2,1H3. The van der Waals surface area contributed by atoms with Crippen LogP contribution in [0.2, 0.25) is 5.02 Å². The van der Waals surface area contributed by atoms with Gasteiger partial charge in [0.05, 0.1) is 54.1 Å². The first-order valence-corrected chi connectivity index (χ1v) is 10.9. The van der Waals surface area contributed by atoms with Crippen LogP contribution in [-0.4, -0.2) is 60.4 Å². The molecule has 0 spiro atoms. The van der Waals surface area contributed by atoms with Gasteiger partial charge in [0.1, 0.15) is 5.52 Å². The van der Waals surface area contributed by atoms with Crippen molar-refractivity contribution >= 4 is 55.9 Å². The number of aromatic nitrogens is 2. The monoisotopic (exact) mass is 510 g/mol. The summed E-state index contributed by atoms with van der Waals surface area (Å²) in [5, 5.41) is 3.31. The number of nitrogens with one attached hydrogen (secondary N) is 1. The molecule has 164 valence electrons. The molecule has 1 saturated heterocycles. The number of fused-ring (bicyclic) bond motifs is 1. The van der Waals surface area contributed by atoms with Crippen molar-refractivity contribution in [2.75, 3.05) is 45.3 Å². The second kappa shape index (κ2) is 9.52. The Kier molecular flexibility index (Phi) is 6.76. The van der Waals surface area contributed by atoms with Gasteiger partial charge in [-0.3, -0.25) is 4.90 Å². The quantitative estimate of drug-likeness (QED) is 0.493. The molecule has 3 aromatic rings. The van der Waals surface area contributed by atoms with Gasteiger partial charge in [-0.2, -0.15) is 0 Å². The molecule has 31 heavy (non-hydrogen) atoms. The Morgan fingerprint density at radius 3 is 2.81 bits per heavy atom. The Bertz CT molecular complexity index is 1120. The third-order valence-electron chi connectivity index (χ3n) is 5.21. The van der Waals surface area contributed by atoms with Crippen LogP contribution in [0, 0.1) is 5.82 Å². The summed E-state index contributed by atoms with van der Waals surface area (Å²) in [6.45, 7) is 4.52. The Labute approximate surface area is 192 Å². The lowest BCUT2D eigenvalue weighted by Gasteiger charge is -2.26. The molecule has 1 aliphatic heterocycles. The van der Waals surface area contributed by atoms with Gasteiger partial charge in [0, 0.05) is 30.7 Å². The molecular weight excluding hydrogens is 491 g/mol. The lowest BCUT2D eigenvalue weighted by Crippen LogP contribution is -2.38. The van der Waals surface area contributed by atoms with E-state index in [2.05, 4.69) is 31.1 Å². The zero-order valence-corrected chi connectivity index (χ0v) is 19.2. The van der Waals surface area contributed by atoms with E-state index in [1.54, 1.807) is 30.6 Å². The fraction of sp³-hybridized carbons (Fsp3) is 0.333. The average Bonchev–Trinajstić information content (AvgIpc) is 3.19. The number of anilines is 2. The van der Waals surface area contributed by atoms with E-state index in [-0.39, 0.29) is 16.8 Å². The van der Waals surface area contributed by atoms with Crippen LogP contribution in [0.3, 0.4) is 0 Å². The van der Waals surface area contributed by atoms with Crippen molar-refractivity contribution in [3.05, 3.63) is 51.5 Å². The first-order valence-electron chi connectivity index (χ1n) is 9.75. The van der Waals surface area contributed by atoms with Crippen LogP contribution in [-0.2, 0) is 16.0 Å². The lowest BCUT2D eigenvalue weighted by atomic mass is 10.1. The highest BCUT2D eigenvalue weighted by molar-refractivity contribution is 9.10. The van der Waals surface area contributed by atoms with Gasteiger partial charge in [-0.25, -0.2) is 14.2 Å². The van der Waals surface area contributed by atoms with Gasteiger partial charge in [-0.1, -0.05) is 27.5 Å². The minimum Gasteiger partial charge on any atom is -0.465 e. The first kappa shape index (κ1) is 22.0. The van der Waals surface area contributed by atoms with Gasteiger partial charge < -0.3 is 19.4 Å². The third kappa shape index (κ3) is 4.69. The molecule has 2 aromatic carbocycles. The maximum Gasteiger partial charge on any atom is 0.340 e. The Morgan fingerprint density at radius 1 is 1.32 bits per heavy atom. The number of benzene rings is 2. The number of ether oxygens (including phenoxy) is 2. The van der Waals surface area contributed by atoms with Crippen LogP contribution in [0.25, 0.3) is 11.0 Å². The van der Waals surface area contributed by atoms with E-state index in [0.717, 1.165) is 24.1 Å². The van der Waals surface area contributed by atoms with E-state index in [4.69, 9.17) is 21.1 Å². The second-order valence-electron chi connectivity index (χ2n) is 7.11. The van der Waals surface area contributed by atoms with Crippen molar-refractivity contribution in [2.45, 2.75) is 6.54 Å². The van der Waals surface area contributed by atoms with Crippen LogP contribution in [0.4, 0.5) is 15.8 Å². The molecule has 1 aliphatic rings. The summed E-state index contributed by atoms with van der Waals surface area (Å²) in [5.41, 5.74) is 1.20. The molecule has 0 unspecified atom stereocenters. The van der Waals surface area contributed by atoms with Crippen LogP contribution in [0.5, 0.6) is 0 Å². The third-order valence-corrected chi connectivity index (χ3v) is 6.02. The fourth-order valence-electron chi connectivity index (χ4n) is 3.53. The minimum atomic E-state index is -0.655. The summed E-state index contributed by atoms with van der Waals surface area (Å²) in [4.78, 5) is 19.0. The van der Waals surface area contributed by atoms with Gasteiger partial charge in [0.25, 0.3) is 0 Å². The Balaban J connectivity index is 1.70. The van der Waals surface area contributed by atoms with Crippen molar-refractivity contribution in [1.29, 1.82) is 0 Å². The predicted octanol–water partition coefficient (Wildman–Crippen LogP) is 4.45. The number of hydrogen-bond donors (Lipinski definition) is 1. The summed E-state index contributed by atoms with van der Waals surface area (Å²) < 4.78 is 28.4. The smallest absolute Gasteiger partial charge is 0.340 e. The van der Waals surface area contributed by atoms with Crippen LogP contribution in [0.1, 0.15) is 10.4 Å². The molecule has 0 saturated carbocycles. The molecular formula is C21H21BrClFN4O3. The molecule has 0 bridgehead atoms. The highest BCUT2D eigenvalue weighted by atomic mass is 79.9. The zero-order valence-electron chi connectivity index (χ0n) is 16.8. The van der Waals surface area contributed by atoms with Crippen LogP contribution >= 0.6 is 27.5 Å². The summed E-state index contributed by atoms with van der Waals surface area (Å²) in [6.07, 6.45) is 1.59. The number of methoxy groups -OCH3 is 1. The average molecular weight is 512 g/mol. The first-order chi connectivity index (χ1) is 15.0. The Morgan fingerprint density at radius 2 is 2.10 bits per heavy atom. The van der Waals surface area contributed by atoms with Crippen molar-refractivity contribution in [3.8, 4) is 0 Å². The second-order valence-corrected chi connectivity index (χ2v) is 8.44. The van der Waals surface area contributed by atoms with Gasteiger partial charge >= 0.3 is 5.97 Å². The van der Waals surface area contributed by atoms with E-state index in [9.17, 15) is 4.79 Å². The van der Waals surface area contributed by atoms with Crippen molar-refractivity contribution < 1.29 is 18.7 Å². The molecule has 7 nitrogen and oxygen atoms in total. The number of esters is 1. The van der Waals surface area contributed by atoms with Crippen LogP contribution in [0.15, 0.2) is 35.1 Å². The molecule has 1 aromatic heterocycles. The van der Waals surface area contributed by atoms with Gasteiger partial charge in [-0.05, 0) is 24.3 Å². The molecule has 0 radical (unpaired) electrons. The van der Waals surface area contributed by atoms with E-state index >= 15 is 4.39 Å². The number of morpholine rings is 1. The maximum absolute atomic E-state index is 15.5. The SMILES string of the molecule is COC(=O)c1cc2c(ncn2CCN2CCOCC2)c(F)c1Nc1ccc(Br)cc1Cl. The fourth-order valence-corrected chi connectivity index (χ4v) is 4.25. The molecule has 1 fully saturated rings.